The number of esters is 1. The third kappa shape index (κ3) is 2.26. The van der Waals surface area contributed by atoms with Crippen LogP contribution in [0.5, 0.6) is 0 Å². The fraction of sp³-hybridized carbons (Fsp3) is 0.231. The van der Waals surface area contributed by atoms with Gasteiger partial charge in [0, 0.05) is 17.7 Å². The topological polar surface area (TPSA) is 81.0 Å². The molecule has 0 unspecified atom stereocenters. The molecule has 1 aromatic carbocycles. The number of carbonyl (C=O) groups excluding carboxylic acids is 1. The van der Waals surface area contributed by atoms with E-state index in [1.165, 1.54) is 0 Å². The summed E-state index contributed by atoms with van der Waals surface area (Å²) in [4.78, 5) is 11.7. The minimum atomic E-state index is -0.423. The van der Waals surface area contributed by atoms with Crippen molar-refractivity contribution in [1.82, 2.24) is 10.2 Å². The monoisotopic (exact) mass is 245 g/mol. The van der Waals surface area contributed by atoms with Crippen LogP contribution in [0.1, 0.15) is 23.0 Å². The molecular formula is C13H15N3O2. The highest BCUT2D eigenvalue weighted by atomic mass is 16.5. The molecule has 5 nitrogen and oxygen atoms in total. The van der Waals surface area contributed by atoms with Gasteiger partial charge in [0.05, 0.1) is 12.3 Å². The van der Waals surface area contributed by atoms with Gasteiger partial charge in [-0.1, -0.05) is 30.3 Å². The fourth-order valence-corrected chi connectivity index (χ4v) is 1.77. The Labute approximate surface area is 105 Å². The minimum Gasteiger partial charge on any atom is -0.461 e. The lowest BCUT2D eigenvalue weighted by molar-refractivity contribution is 0.0518. The zero-order valence-electron chi connectivity index (χ0n) is 10.1. The summed E-state index contributed by atoms with van der Waals surface area (Å²) in [7, 11) is 0. The number of nitrogens with one attached hydrogen (secondary N) is 1. The van der Waals surface area contributed by atoms with Gasteiger partial charge in [-0.05, 0) is 6.92 Å². The van der Waals surface area contributed by atoms with E-state index in [0.717, 1.165) is 5.56 Å². The number of hydrogen-bond donors (Lipinski definition) is 2. The van der Waals surface area contributed by atoms with Crippen LogP contribution >= 0.6 is 0 Å². The maximum absolute atomic E-state index is 11.7. The summed E-state index contributed by atoms with van der Waals surface area (Å²) >= 11 is 0. The standard InChI is InChI=1S/C13H15N3O2/c1-2-18-13(17)12-10(8-14)11(15-16-12)9-6-4-3-5-7-9/h3-7H,2,8,14H2,1H3,(H,15,16). The van der Waals surface area contributed by atoms with Crippen molar-refractivity contribution in [3.8, 4) is 11.3 Å². The van der Waals surface area contributed by atoms with E-state index in [-0.39, 0.29) is 6.54 Å². The van der Waals surface area contributed by atoms with Crippen molar-refractivity contribution in [2.24, 2.45) is 5.73 Å². The first kappa shape index (κ1) is 12.3. The molecule has 0 spiro atoms. The van der Waals surface area contributed by atoms with Gasteiger partial charge in [-0.15, -0.1) is 0 Å². The molecule has 0 amide bonds. The molecule has 1 heterocycles. The molecule has 0 atom stereocenters. The molecule has 0 aliphatic rings. The van der Waals surface area contributed by atoms with Gasteiger partial charge in [0.15, 0.2) is 0 Å². The second-order valence-corrected chi connectivity index (χ2v) is 3.72. The van der Waals surface area contributed by atoms with Crippen molar-refractivity contribution in [2.75, 3.05) is 6.61 Å². The molecule has 3 N–H and O–H groups in total. The average molecular weight is 245 g/mol. The lowest BCUT2D eigenvalue weighted by Gasteiger charge is -2.03. The van der Waals surface area contributed by atoms with E-state index < -0.39 is 5.97 Å². The maximum atomic E-state index is 11.7. The first-order valence-electron chi connectivity index (χ1n) is 5.77. The van der Waals surface area contributed by atoms with Gasteiger partial charge in [0.25, 0.3) is 0 Å². The molecule has 0 aliphatic heterocycles. The van der Waals surface area contributed by atoms with Crippen molar-refractivity contribution in [3.05, 3.63) is 41.6 Å². The summed E-state index contributed by atoms with van der Waals surface area (Å²) in [5.41, 5.74) is 8.33. The molecule has 2 aromatic rings. The molecule has 0 aliphatic carbocycles. The van der Waals surface area contributed by atoms with Gasteiger partial charge in [0.1, 0.15) is 5.69 Å². The summed E-state index contributed by atoms with van der Waals surface area (Å²) in [6.45, 7) is 2.31. The largest absolute Gasteiger partial charge is 0.461 e. The lowest BCUT2D eigenvalue weighted by Crippen LogP contribution is -2.10. The number of rotatable bonds is 4. The second-order valence-electron chi connectivity index (χ2n) is 3.72. The van der Waals surface area contributed by atoms with Crippen LogP contribution in [0.25, 0.3) is 11.3 Å². The van der Waals surface area contributed by atoms with E-state index in [1.807, 2.05) is 30.3 Å². The summed E-state index contributed by atoms with van der Waals surface area (Å²) in [6.07, 6.45) is 0. The van der Waals surface area contributed by atoms with Crippen molar-refractivity contribution in [2.45, 2.75) is 13.5 Å². The van der Waals surface area contributed by atoms with Crippen LogP contribution in [0.3, 0.4) is 0 Å². The van der Waals surface area contributed by atoms with E-state index in [9.17, 15) is 4.79 Å². The zero-order valence-corrected chi connectivity index (χ0v) is 10.1. The van der Waals surface area contributed by atoms with Gasteiger partial charge in [-0.3, -0.25) is 5.10 Å². The van der Waals surface area contributed by atoms with Crippen molar-refractivity contribution in [3.63, 3.8) is 0 Å². The van der Waals surface area contributed by atoms with E-state index in [2.05, 4.69) is 10.2 Å². The van der Waals surface area contributed by atoms with E-state index >= 15 is 0 Å². The van der Waals surface area contributed by atoms with Gasteiger partial charge >= 0.3 is 5.97 Å². The number of carbonyl (C=O) groups is 1. The number of aromatic nitrogens is 2. The molecule has 18 heavy (non-hydrogen) atoms. The SMILES string of the molecule is CCOC(=O)c1[nH]nc(-c2ccccc2)c1CN. The first-order chi connectivity index (χ1) is 8.77. The predicted octanol–water partition coefficient (Wildman–Crippen LogP) is 1.71. The van der Waals surface area contributed by atoms with Gasteiger partial charge in [0.2, 0.25) is 0 Å². The van der Waals surface area contributed by atoms with E-state index in [1.54, 1.807) is 6.92 Å². The molecule has 0 saturated carbocycles. The van der Waals surface area contributed by atoms with E-state index in [4.69, 9.17) is 10.5 Å². The van der Waals surface area contributed by atoms with Crippen LogP contribution in [0.15, 0.2) is 30.3 Å². The summed E-state index contributed by atoms with van der Waals surface area (Å²) in [5, 5.41) is 6.86. The Morgan fingerprint density at radius 1 is 1.39 bits per heavy atom. The quantitative estimate of drug-likeness (QED) is 0.803. The van der Waals surface area contributed by atoms with Gasteiger partial charge < -0.3 is 10.5 Å². The molecule has 0 fully saturated rings. The normalized spacial score (nSPS) is 10.3. The highest BCUT2D eigenvalue weighted by molar-refractivity contribution is 5.91. The third-order valence-corrected chi connectivity index (χ3v) is 2.60. The molecule has 1 aromatic heterocycles. The Bertz CT molecular complexity index is 534. The molecule has 94 valence electrons. The Hall–Kier alpha value is -2.14. The maximum Gasteiger partial charge on any atom is 0.356 e. The zero-order chi connectivity index (χ0) is 13.0. The molecular weight excluding hydrogens is 230 g/mol. The number of nitrogens with zero attached hydrogens (tertiary/aromatic N) is 1. The van der Waals surface area contributed by atoms with Crippen molar-refractivity contribution in [1.29, 1.82) is 0 Å². The summed E-state index contributed by atoms with van der Waals surface area (Å²) in [6, 6.07) is 9.59. The smallest absolute Gasteiger partial charge is 0.356 e. The van der Waals surface area contributed by atoms with Gasteiger partial charge in [-0.25, -0.2) is 4.79 Å². The Balaban J connectivity index is 2.42. The summed E-state index contributed by atoms with van der Waals surface area (Å²) < 4.78 is 4.95. The fourth-order valence-electron chi connectivity index (χ4n) is 1.77. The van der Waals surface area contributed by atoms with Crippen molar-refractivity contribution >= 4 is 5.97 Å². The van der Waals surface area contributed by atoms with Crippen LogP contribution in [-0.2, 0) is 11.3 Å². The highest BCUT2D eigenvalue weighted by Crippen LogP contribution is 2.23. The molecule has 0 saturated heterocycles. The Morgan fingerprint density at radius 2 is 2.11 bits per heavy atom. The van der Waals surface area contributed by atoms with Crippen LogP contribution in [0, 0.1) is 0 Å². The third-order valence-electron chi connectivity index (χ3n) is 2.60. The number of nitrogens with two attached hydrogens (primary N) is 1. The number of benzene rings is 1. The van der Waals surface area contributed by atoms with Crippen molar-refractivity contribution < 1.29 is 9.53 Å². The highest BCUT2D eigenvalue weighted by Gasteiger charge is 2.19. The first-order valence-corrected chi connectivity index (χ1v) is 5.77. The molecule has 0 radical (unpaired) electrons. The number of ether oxygens (including phenoxy) is 1. The van der Waals surface area contributed by atoms with Crippen LogP contribution in [-0.4, -0.2) is 22.8 Å². The number of hydrogen-bond acceptors (Lipinski definition) is 4. The lowest BCUT2D eigenvalue weighted by atomic mass is 10.1. The van der Waals surface area contributed by atoms with Crippen LogP contribution < -0.4 is 5.73 Å². The number of aromatic amines is 1. The van der Waals surface area contributed by atoms with E-state index in [0.29, 0.717) is 23.6 Å². The molecule has 0 bridgehead atoms. The van der Waals surface area contributed by atoms with Gasteiger partial charge in [-0.2, -0.15) is 5.10 Å². The molecule has 2 rings (SSSR count). The number of H-pyrrole nitrogens is 1. The molecule has 5 heteroatoms. The second kappa shape index (κ2) is 5.46. The Morgan fingerprint density at radius 3 is 2.72 bits per heavy atom. The predicted molar refractivity (Wildman–Crippen MR) is 67.9 cm³/mol. The van der Waals surface area contributed by atoms with Crippen LogP contribution in [0.2, 0.25) is 0 Å². The average Bonchev–Trinajstić information content (AvgIpc) is 2.83. The Kier molecular flexibility index (Phi) is 3.74. The summed E-state index contributed by atoms with van der Waals surface area (Å²) in [5.74, 6) is -0.423. The minimum absolute atomic E-state index is 0.231. The van der Waals surface area contributed by atoms with Crippen LogP contribution in [0.4, 0.5) is 0 Å².